The summed E-state index contributed by atoms with van der Waals surface area (Å²) in [5.41, 5.74) is 1.15. The number of rotatable bonds is 4. The van der Waals surface area contributed by atoms with E-state index in [-0.39, 0.29) is 0 Å². The maximum atomic E-state index is 5.07. The molecule has 0 fully saturated rings. The van der Waals surface area contributed by atoms with Crippen molar-refractivity contribution in [3.05, 3.63) is 24.0 Å². The molecule has 0 bridgehead atoms. The second kappa shape index (κ2) is 4.82. The molecule has 0 aromatic carbocycles. The van der Waals surface area contributed by atoms with Crippen molar-refractivity contribution in [3.63, 3.8) is 0 Å². The van der Waals surface area contributed by atoms with Crippen LogP contribution < -0.4 is 10.1 Å². The Morgan fingerprint density at radius 3 is 2.85 bits per heavy atom. The van der Waals surface area contributed by atoms with Gasteiger partial charge in [0.1, 0.15) is 5.75 Å². The molecule has 72 valence electrons. The third kappa shape index (κ3) is 3.42. The minimum Gasteiger partial charge on any atom is -0.495 e. The van der Waals surface area contributed by atoms with Gasteiger partial charge in [0.25, 0.3) is 0 Å². The first-order valence-corrected chi connectivity index (χ1v) is 4.43. The minimum atomic E-state index is 0.492. The Morgan fingerprint density at radius 2 is 2.23 bits per heavy atom. The third-order valence-electron chi connectivity index (χ3n) is 1.72. The quantitative estimate of drug-likeness (QED) is 0.764. The summed E-state index contributed by atoms with van der Waals surface area (Å²) in [6.07, 6.45) is 3.55. The van der Waals surface area contributed by atoms with Crippen LogP contribution in [-0.4, -0.2) is 18.1 Å². The average Bonchev–Trinajstić information content (AvgIpc) is 2.15. The maximum absolute atomic E-state index is 5.07. The Hall–Kier alpha value is -1.09. The van der Waals surface area contributed by atoms with Crippen molar-refractivity contribution in [2.24, 2.45) is 0 Å². The van der Waals surface area contributed by atoms with Crippen LogP contribution in [0, 0.1) is 0 Å². The Balaban J connectivity index is 2.56. The Bertz CT molecular complexity index is 261. The second-order valence-electron chi connectivity index (χ2n) is 3.27. The molecule has 1 aromatic heterocycles. The number of pyridine rings is 1. The van der Waals surface area contributed by atoms with Gasteiger partial charge < -0.3 is 10.1 Å². The lowest BCUT2D eigenvalue weighted by atomic mass is 10.2. The summed E-state index contributed by atoms with van der Waals surface area (Å²) in [5.74, 6) is 0.808. The van der Waals surface area contributed by atoms with E-state index >= 15 is 0 Å². The number of aromatic nitrogens is 1. The standard InChI is InChI=1S/C10H16N2O/c1-8(2)12-6-9-4-10(13-3)7-11-5-9/h4-5,7-8,12H,6H2,1-3H3. The molecule has 3 heteroatoms. The van der Waals surface area contributed by atoms with E-state index in [1.54, 1.807) is 13.3 Å². The Labute approximate surface area is 79.1 Å². The summed E-state index contributed by atoms with van der Waals surface area (Å²) in [5, 5.41) is 3.32. The van der Waals surface area contributed by atoms with Crippen molar-refractivity contribution in [2.45, 2.75) is 26.4 Å². The minimum absolute atomic E-state index is 0.492. The van der Waals surface area contributed by atoms with E-state index in [1.807, 2.05) is 12.3 Å². The third-order valence-corrected chi connectivity index (χ3v) is 1.72. The SMILES string of the molecule is COc1cncc(CNC(C)C)c1. The Morgan fingerprint density at radius 1 is 1.46 bits per heavy atom. The van der Waals surface area contributed by atoms with Crippen molar-refractivity contribution < 1.29 is 4.74 Å². The van der Waals surface area contributed by atoms with Gasteiger partial charge in [0, 0.05) is 18.8 Å². The molecular formula is C10H16N2O. The van der Waals surface area contributed by atoms with E-state index in [9.17, 15) is 0 Å². The molecule has 0 aliphatic heterocycles. The molecule has 13 heavy (non-hydrogen) atoms. The summed E-state index contributed by atoms with van der Waals surface area (Å²) in [4.78, 5) is 4.07. The fourth-order valence-corrected chi connectivity index (χ4v) is 0.994. The topological polar surface area (TPSA) is 34.1 Å². The molecule has 0 atom stereocenters. The largest absolute Gasteiger partial charge is 0.495 e. The van der Waals surface area contributed by atoms with Gasteiger partial charge in [-0.15, -0.1) is 0 Å². The van der Waals surface area contributed by atoms with E-state index in [1.165, 1.54) is 0 Å². The predicted molar refractivity (Wildman–Crippen MR) is 52.8 cm³/mol. The molecule has 3 nitrogen and oxygen atoms in total. The zero-order valence-corrected chi connectivity index (χ0v) is 8.37. The van der Waals surface area contributed by atoms with Crippen LogP contribution in [0.5, 0.6) is 5.75 Å². The van der Waals surface area contributed by atoms with Crippen LogP contribution in [0.15, 0.2) is 18.5 Å². The molecular weight excluding hydrogens is 164 g/mol. The zero-order chi connectivity index (χ0) is 9.68. The highest BCUT2D eigenvalue weighted by atomic mass is 16.5. The van der Waals surface area contributed by atoms with Crippen LogP contribution in [0.3, 0.4) is 0 Å². The van der Waals surface area contributed by atoms with Crippen molar-refractivity contribution in [1.29, 1.82) is 0 Å². The first kappa shape index (κ1) is 9.99. The molecule has 0 unspecified atom stereocenters. The average molecular weight is 180 g/mol. The highest BCUT2D eigenvalue weighted by Crippen LogP contribution is 2.09. The summed E-state index contributed by atoms with van der Waals surface area (Å²) in [7, 11) is 1.65. The molecule has 0 saturated heterocycles. The van der Waals surface area contributed by atoms with E-state index in [2.05, 4.69) is 24.1 Å². The highest BCUT2D eigenvalue weighted by molar-refractivity contribution is 5.23. The van der Waals surface area contributed by atoms with Crippen molar-refractivity contribution in [1.82, 2.24) is 10.3 Å². The van der Waals surface area contributed by atoms with Gasteiger partial charge in [-0.2, -0.15) is 0 Å². The lowest BCUT2D eigenvalue weighted by Gasteiger charge is -2.08. The van der Waals surface area contributed by atoms with Crippen molar-refractivity contribution >= 4 is 0 Å². The van der Waals surface area contributed by atoms with Gasteiger partial charge >= 0.3 is 0 Å². The first-order valence-electron chi connectivity index (χ1n) is 4.43. The maximum Gasteiger partial charge on any atom is 0.137 e. The van der Waals surface area contributed by atoms with Crippen LogP contribution in [0.4, 0.5) is 0 Å². The van der Waals surface area contributed by atoms with Crippen LogP contribution in [-0.2, 0) is 6.54 Å². The number of nitrogens with one attached hydrogen (secondary N) is 1. The number of methoxy groups -OCH3 is 1. The van der Waals surface area contributed by atoms with Gasteiger partial charge in [0.15, 0.2) is 0 Å². The number of hydrogen-bond donors (Lipinski definition) is 1. The first-order chi connectivity index (χ1) is 6.22. The van der Waals surface area contributed by atoms with Gasteiger partial charge in [-0.3, -0.25) is 4.98 Å². The van der Waals surface area contributed by atoms with Crippen molar-refractivity contribution in [2.75, 3.05) is 7.11 Å². The normalized spacial score (nSPS) is 10.5. The molecule has 1 aromatic rings. The molecule has 0 amide bonds. The van der Waals surface area contributed by atoms with Gasteiger partial charge in [0.05, 0.1) is 13.3 Å². The van der Waals surface area contributed by atoms with E-state index < -0.39 is 0 Å². The van der Waals surface area contributed by atoms with E-state index in [0.29, 0.717) is 6.04 Å². The summed E-state index contributed by atoms with van der Waals surface area (Å²) in [6.45, 7) is 5.07. The molecule has 1 N–H and O–H groups in total. The lowest BCUT2D eigenvalue weighted by Crippen LogP contribution is -2.21. The Kier molecular flexibility index (Phi) is 3.71. The molecule has 0 aliphatic carbocycles. The molecule has 0 spiro atoms. The molecule has 0 saturated carbocycles. The van der Waals surface area contributed by atoms with Crippen LogP contribution in [0.25, 0.3) is 0 Å². The van der Waals surface area contributed by atoms with E-state index in [0.717, 1.165) is 17.9 Å². The van der Waals surface area contributed by atoms with Crippen LogP contribution in [0.2, 0.25) is 0 Å². The number of ether oxygens (including phenoxy) is 1. The molecule has 1 heterocycles. The molecule has 0 radical (unpaired) electrons. The fraction of sp³-hybridized carbons (Fsp3) is 0.500. The molecule has 1 rings (SSSR count). The summed E-state index contributed by atoms with van der Waals surface area (Å²) in [6, 6.07) is 2.48. The number of nitrogens with zero attached hydrogens (tertiary/aromatic N) is 1. The van der Waals surface area contributed by atoms with Crippen molar-refractivity contribution in [3.8, 4) is 5.75 Å². The highest BCUT2D eigenvalue weighted by Gasteiger charge is 1.97. The zero-order valence-electron chi connectivity index (χ0n) is 8.37. The van der Waals surface area contributed by atoms with E-state index in [4.69, 9.17) is 4.74 Å². The monoisotopic (exact) mass is 180 g/mol. The fourth-order valence-electron chi connectivity index (χ4n) is 0.994. The molecule has 0 aliphatic rings. The van der Waals surface area contributed by atoms with Crippen LogP contribution >= 0.6 is 0 Å². The second-order valence-corrected chi connectivity index (χ2v) is 3.27. The van der Waals surface area contributed by atoms with Gasteiger partial charge in [-0.1, -0.05) is 13.8 Å². The predicted octanol–water partition coefficient (Wildman–Crippen LogP) is 1.59. The number of hydrogen-bond acceptors (Lipinski definition) is 3. The van der Waals surface area contributed by atoms with Gasteiger partial charge in [-0.25, -0.2) is 0 Å². The van der Waals surface area contributed by atoms with Gasteiger partial charge in [-0.05, 0) is 11.6 Å². The summed E-state index contributed by atoms with van der Waals surface area (Å²) >= 11 is 0. The lowest BCUT2D eigenvalue weighted by molar-refractivity contribution is 0.412. The van der Waals surface area contributed by atoms with Gasteiger partial charge in [0.2, 0.25) is 0 Å². The van der Waals surface area contributed by atoms with Crippen LogP contribution in [0.1, 0.15) is 19.4 Å². The smallest absolute Gasteiger partial charge is 0.137 e. The summed E-state index contributed by atoms with van der Waals surface area (Å²) < 4.78 is 5.07.